The van der Waals surface area contributed by atoms with Gasteiger partial charge in [-0.25, -0.2) is 15.1 Å². The van der Waals surface area contributed by atoms with E-state index in [1.165, 1.54) is 14.2 Å². The van der Waals surface area contributed by atoms with Gasteiger partial charge in [0.25, 0.3) is 5.91 Å². The fourth-order valence-electron chi connectivity index (χ4n) is 3.80. The van der Waals surface area contributed by atoms with E-state index >= 15 is 0 Å². The summed E-state index contributed by atoms with van der Waals surface area (Å²) in [5.74, 6) is -2.26. The van der Waals surface area contributed by atoms with E-state index in [9.17, 15) is 14.4 Å². The van der Waals surface area contributed by atoms with Gasteiger partial charge < -0.3 is 24.6 Å². The van der Waals surface area contributed by atoms with Gasteiger partial charge in [0.15, 0.2) is 0 Å². The number of carboxylic acid groups (broad SMARTS) is 1. The largest absolute Gasteiger partial charge is 0.479 e. The van der Waals surface area contributed by atoms with Gasteiger partial charge in [-0.15, -0.1) is 0 Å². The number of carbonyl (C=O) groups excluding carboxylic acids is 2. The lowest BCUT2D eigenvalue weighted by atomic mass is 9.98. The molecule has 3 unspecified atom stereocenters. The van der Waals surface area contributed by atoms with Crippen molar-refractivity contribution in [3.63, 3.8) is 0 Å². The first-order chi connectivity index (χ1) is 16.4. The summed E-state index contributed by atoms with van der Waals surface area (Å²) in [6.45, 7) is 1.36. The van der Waals surface area contributed by atoms with E-state index in [0.717, 1.165) is 22.3 Å². The number of aliphatic carboxylic acids is 1. The third-order valence-corrected chi connectivity index (χ3v) is 5.64. The Balaban J connectivity index is 1.63. The summed E-state index contributed by atoms with van der Waals surface area (Å²) >= 11 is 0. The first-order valence-electron chi connectivity index (χ1n) is 10.7. The van der Waals surface area contributed by atoms with Gasteiger partial charge in [0, 0.05) is 20.1 Å². The first-order valence-corrected chi connectivity index (χ1v) is 10.7. The molecular weight excluding hydrogens is 444 g/mol. The molecule has 2 amide bonds. The number of hydroxylamine groups is 1. The molecule has 182 valence electrons. The molecule has 0 saturated carbocycles. The van der Waals surface area contributed by atoms with Crippen LogP contribution in [0.15, 0.2) is 48.5 Å². The van der Waals surface area contributed by atoms with Crippen LogP contribution in [0.1, 0.15) is 24.0 Å². The van der Waals surface area contributed by atoms with E-state index in [1.54, 1.807) is 6.92 Å². The van der Waals surface area contributed by atoms with E-state index in [0.29, 0.717) is 0 Å². The van der Waals surface area contributed by atoms with Crippen LogP contribution in [-0.2, 0) is 28.6 Å². The average Bonchev–Trinajstić information content (AvgIpc) is 3.16. The third kappa shape index (κ3) is 5.71. The maximum absolute atomic E-state index is 12.6. The van der Waals surface area contributed by atoms with Gasteiger partial charge in [0.2, 0.25) is 6.10 Å². The van der Waals surface area contributed by atoms with Crippen molar-refractivity contribution < 1.29 is 38.5 Å². The van der Waals surface area contributed by atoms with Crippen molar-refractivity contribution >= 4 is 18.0 Å². The molecule has 2 aromatic rings. The zero-order valence-electron chi connectivity index (χ0n) is 19.1. The highest BCUT2D eigenvalue weighted by Gasteiger charge is 2.32. The number of nitrogens with one attached hydrogen (secondary N) is 2. The lowest BCUT2D eigenvalue weighted by Gasteiger charge is -2.24. The smallest absolute Gasteiger partial charge is 0.407 e. The third-order valence-electron chi connectivity index (χ3n) is 5.64. The van der Waals surface area contributed by atoms with Crippen LogP contribution in [0.3, 0.4) is 0 Å². The molecule has 3 atom stereocenters. The summed E-state index contributed by atoms with van der Waals surface area (Å²) in [6.07, 6.45) is -2.99. The Kier molecular flexibility index (Phi) is 8.58. The number of fused-ring (bicyclic) bond motifs is 3. The SMILES string of the molecule is COCC(ONC(=O)C(NC(=O)OCC1c2ccccc2-c2ccccc21)C(C)OC)C(=O)O. The lowest BCUT2D eigenvalue weighted by Crippen LogP contribution is -2.54. The molecular formula is C24H28N2O8. The Morgan fingerprint density at radius 3 is 2.12 bits per heavy atom. The second-order valence-electron chi connectivity index (χ2n) is 7.75. The molecule has 10 heteroatoms. The topological polar surface area (TPSA) is 132 Å². The van der Waals surface area contributed by atoms with Crippen LogP contribution in [0.2, 0.25) is 0 Å². The summed E-state index contributed by atoms with van der Waals surface area (Å²) in [7, 11) is 2.67. The van der Waals surface area contributed by atoms with E-state index < -0.39 is 36.2 Å². The van der Waals surface area contributed by atoms with Crippen LogP contribution in [0.5, 0.6) is 0 Å². The number of hydrogen-bond donors (Lipinski definition) is 3. The summed E-state index contributed by atoms with van der Waals surface area (Å²) in [5, 5.41) is 11.6. The normalized spacial score (nSPS) is 14.9. The fourth-order valence-corrected chi connectivity index (χ4v) is 3.80. The Labute approximate surface area is 197 Å². The number of carbonyl (C=O) groups is 3. The van der Waals surface area contributed by atoms with Crippen LogP contribution in [-0.4, -0.2) is 68.8 Å². The molecule has 10 nitrogen and oxygen atoms in total. The molecule has 2 aromatic carbocycles. The predicted molar refractivity (Wildman–Crippen MR) is 121 cm³/mol. The number of hydrogen-bond acceptors (Lipinski definition) is 7. The van der Waals surface area contributed by atoms with Crippen molar-refractivity contribution in [1.82, 2.24) is 10.8 Å². The summed E-state index contributed by atoms with van der Waals surface area (Å²) < 4.78 is 15.4. The van der Waals surface area contributed by atoms with Crippen LogP contribution in [0.4, 0.5) is 4.79 Å². The second-order valence-corrected chi connectivity index (χ2v) is 7.75. The predicted octanol–water partition coefficient (Wildman–Crippen LogP) is 2.08. The van der Waals surface area contributed by atoms with Crippen LogP contribution in [0, 0.1) is 0 Å². The zero-order valence-corrected chi connectivity index (χ0v) is 19.1. The van der Waals surface area contributed by atoms with Crippen molar-refractivity contribution in [2.24, 2.45) is 0 Å². The maximum Gasteiger partial charge on any atom is 0.407 e. The monoisotopic (exact) mass is 472 g/mol. The van der Waals surface area contributed by atoms with Gasteiger partial charge >= 0.3 is 12.1 Å². The lowest BCUT2D eigenvalue weighted by molar-refractivity contribution is -0.166. The molecule has 0 heterocycles. The minimum Gasteiger partial charge on any atom is -0.479 e. The Morgan fingerprint density at radius 2 is 1.59 bits per heavy atom. The Bertz CT molecular complexity index is 982. The molecule has 34 heavy (non-hydrogen) atoms. The van der Waals surface area contributed by atoms with Crippen molar-refractivity contribution in [2.45, 2.75) is 31.1 Å². The zero-order chi connectivity index (χ0) is 24.7. The van der Waals surface area contributed by atoms with Gasteiger partial charge in [0.05, 0.1) is 12.7 Å². The molecule has 0 bridgehead atoms. The Hall–Kier alpha value is -3.47. The number of benzene rings is 2. The van der Waals surface area contributed by atoms with Crippen molar-refractivity contribution in [3.8, 4) is 11.1 Å². The van der Waals surface area contributed by atoms with Crippen molar-refractivity contribution in [3.05, 3.63) is 59.7 Å². The standard InChI is InChI=1S/C24H28N2O8/c1-14(32-3)21(22(27)26-34-20(13-31-2)23(28)29)25-24(30)33-12-19-17-10-6-4-8-15(17)16-9-5-7-11-18(16)19/h4-11,14,19-21H,12-13H2,1-3H3,(H,25,30)(H,26,27)(H,28,29). The molecule has 3 rings (SSSR count). The summed E-state index contributed by atoms with van der Waals surface area (Å²) in [6, 6.07) is 14.7. The molecule has 0 aromatic heterocycles. The fraction of sp³-hybridized carbons (Fsp3) is 0.375. The maximum atomic E-state index is 12.6. The number of carboxylic acids is 1. The molecule has 0 spiro atoms. The minimum absolute atomic E-state index is 0.0704. The number of rotatable bonds is 11. The highest BCUT2D eigenvalue weighted by atomic mass is 16.7. The first kappa shape index (κ1) is 25.2. The van der Waals surface area contributed by atoms with E-state index in [-0.39, 0.29) is 19.1 Å². The quantitative estimate of drug-likeness (QED) is 0.424. The number of alkyl carbamates (subject to hydrolysis) is 1. The van der Waals surface area contributed by atoms with Crippen LogP contribution >= 0.6 is 0 Å². The number of ether oxygens (including phenoxy) is 3. The van der Waals surface area contributed by atoms with E-state index in [2.05, 4.69) is 5.32 Å². The van der Waals surface area contributed by atoms with Crippen LogP contribution < -0.4 is 10.8 Å². The van der Waals surface area contributed by atoms with E-state index in [1.807, 2.05) is 54.0 Å². The molecule has 0 saturated heterocycles. The summed E-state index contributed by atoms with van der Waals surface area (Å²) in [5.41, 5.74) is 6.35. The summed E-state index contributed by atoms with van der Waals surface area (Å²) in [4.78, 5) is 41.2. The van der Waals surface area contributed by atoms with Gasteiger partial charge in [0.1, 0.15) is 12.6 Å². The molecule has 1 aliphatic rings. The van der Waals surface area contributed by atoms with Gasteiger partial charge in [-0.05, 0) is 29.2 Å². The molecule has 1 aliphatic carbocycles. The highest BCUT2D eigenvalue weighted by molar-refractivity contribution is 5.86. The molecule has 0 fully saturated rings. The average molecular weight is 472 g/mol. The highest BCUT2D eigenvalue weighted by Crippen LogP contribution is 2.44. The van der Waals surface area contributed by atoms with Crippen molar-refractivity contribution in [1.29, 1.82) is 0 Å². The van der Waals surface area contributed by atoms with Gasteiger partial charge in [-0.3, -0.25) is 9.63 Å². The Morgan fingerprint density at radius 1 is 1.00 bits per heavy atom. The second kappa shape index (κ2) is 11.6. The van der Waals surface area contributed by atoms with E-state index in [4.69, 9.17) is 24.2 Å². The van der Waals surface area contributed by atoms with Crippen LogP contribution in [0.25, 0.3) is 11.1 Å². The van der Waals surface area contributed by atoms with Gasteiger partial charge in [-0.1, -0.05) is 48.5 Å². The number of methoxy groups -OCH3 is 2. The molecule has 0 radical (unpaired) electrons. The number of amides is 2. The van der Waals surface area contributed by atoms with Crippen molar-refractivity contribution in [2.75, 3.05) is 27.4 Å². The molecule has 3 N–H and O–H groups in total. The minimum atomic E-state index is -1.41. The molecule has 0 aliphatic heterocycles. The van der Waals surface area contributed by atoms with Gasteiger partial charge in [-0.2, -0.15) is 0 Å².